The van der Waals surface area contributed by atoms with Crippen molar-refractivity contribution < 1.29 is 22.3 Å². The van der Waals surface area contributed by atoms with Crippen molar-refractivity contribution in [2.24, 2.45) is 14.1 Å². The quantitative estimate of drug-likeness (QED) is 0.397. The molecule has 1 aliphatic heterocycles. The molecule has 3 aromatic heterocycles. The number of aromatic nitrogens is 6. The highest BCUT2D eigenvalue weighted by molar-refractivity contribution is 5.89. The van der Waals surface area contributed by atoms with Crippen LogP contribution in [0.25, 0.3) is 22.3 Å². The van der Waals surface area contributed by atoms with Crippen LogP contribution in [0, 0.1) is 12.7 Å². The molecule has 1 aliphatic rings. The fourth-order valence-electron chi connectivity index (χ4n) is 4.09. The van der Waals surface area contributed by atoms with Crippen LogP contribution in [-0.4, -0.2) is 49.0 Å². The monoisotopic (exact) mass is 503 g/mol. The molecule has 0 aliphatic carbocycles. The van der Waals surface area contributed by atoms with Crippen molar-refractivity contribution >= 4 is 17.0 Å². The van der Waals surface area contributed by atoms with Crippen molar-refractivity contribution in [3.63, 3.8) is 0 Å². The number of hydrogen-bond acceptors (Lipinski definition) is 7. The molecule has 4 aromatic rings. The standard InChI is InChI=1S/C23H21F4N7O2/c1-12-29-19-18(15-5-4-14(8-16(15)24)23(25,26)27)30-22(31-20(19)21(35)33(12)3)34-6-7-36-17(11-34)13-9-28-32(2)10-13/h4-5,8-10,17H,6-7,11H2,1-3H3/t17-/m1/s1. The van der Waals surface area contributed by atoms with Gasteiger partial charge in [0.25, 0.3) is 5.56 Å². The van der Waals surface area contributed by atoms with Crippen LogP contribution in [0.3, 0.4) is 0 Å². The van der Waals surface area contributed by atoms with Gasteiger partial charge in [0.15, 0.2) is 5.52 Å². The molecule has 1 atom stereocenters. The van der Waals surface area contributed by atoms with Crippen molar-refractivity contribution in [3.05, 3.63) is 63.7 Å². The van der Waals surface area contributed by atoms with E-state index in [-0.39, 0.29) is 34.3 Å². The molecule has 4 heterocycles. The average molecular weight is 503 g/mol. The zero-order chi connectivity index (χ0) is 25.8. The van der Waals surface area contributed by atoms with Crippen molar-refractivity contribution in [1.29, 1.82) is 0 Å². The second kappa shape index (κ2) is 8.66. The van der Waals surface area contributed by atoms with Crippen LogP contribution in [0.4, 0.5) is 23.5 Å². The van der Waals surface area contributed by atoms with Crippen LogP contribution in [0.1, 0.15) is 23.1 Å². The normalized spacial score (nSPS) is 16.6. The maximum Gasteiger partial charge on any atom is 0.416 e. The summed E-state index contributed by atoms with van der Waals surface area (Å²) in [6, 6.07) is 2.17. The largest absolute Gasteiger partial charge is 0.416 e. The molecular weight excluding hydrogens is 482 g/mol. The van der Waals surface area contributed by atoms with Crippen LogP contribution < -0.4 is 10.5 Å². The van der Waals surface area contributed by atoms with Crippen molar-refractivity contribution in [1.82, 2.24) is 29.3 Å². The Bertz CT molecular complexity index is 1530. The van der Waals surface area contributed by atoms with Crippen LogP contribution in [0.2, 0.25) is 0 Å². The molecule has 5 rings (SSSR count). The molecule has 0 amide bonds. The molecule has 0 spiro atoms. The molecule has 1 saturated heterocycles. The van der Waals surface area contributed by atoms with Crippen molar-refractivity contribution in [3.8, 4) is 11.3 Å². The lowest BCUT2D eigenvalue weighted by Crippen LogP contribution is -2.39. The molecule has 36 heavy (non-hydrogen) atoms. The second-order valence-electron chi connectivity index (χ2n) is 8.54. The molecule has 1 fully saturated rings. The van der Waals surface area contributed by atoms with Gasteiger partial charge in [-0.2, -0.15) is 18.3 Å². The first-order valence-corrected chi connectivity index (χ1v) is 11.0. The fourth-order valence-corrected chi connectivity index (χ4v) is 4.09. The molecule has 0 radical (unpaired) electrons. The number of ether oxygens (including phenoxy) is 1. The van der Waals surface area contributed by atoms with E-state index in [4.69, 9.17) is 4.74 Å². The van der Waals surface area contributed by atoms with Gasteiger partial charge in [0, 0.05) is 38.0 Å². The number of alkyl halides is 3. The SMILES string of the molecule is Cc1nc2c(-c3ccc(C(F)(F)F)cc3F)nc(N3CCO[C@@H](c4cnn(C)c4)C3)nc2c(=O)n1C. The van der Waals surface area contributed by atoms with E-state index in [0.717, 1.165) is 17.7 Å². The lowest BCUT2D eigenvalue weighted by molar-refractivity contribution is -0.137. The van der Waals surface area contributed by atoms with Crippen LogP contribution in [0.5, 0.6) is 0 Å². The fraction of sp³-hybridized carbons (Fsp3) is 0.348. The third-order valence-electron chi connectivity index (χ3n) is 6.14. The first-order chi connectivity index (χ1) is 17.0. The van der Waals surface area contributed by atoms with E-state index in [1.54, 1.807) is 29.7 Å². The number of anilines is 1. The van der Waals surface area contributed by atoms with Gasteiger partial charge >= 0.3 is 6.18 Å². The first-order valence-electron chi connectivity index (χ1n) is 11.0. The summed E-state index contributed by atoms with van der Waals surface area (Å²) in [5.74, 6) is -0.691. The number of fused-ring (bicyclic) bond motifs is 1. The van der Waals surface area contributed by atoms with Crippen LogP contribution in [-0.2, 0) is 25.0 Å². The highest BCUT2D eigenvalue weighted by Crippen LogP contribution is 2.34. The Morgan fingerprint density at radius 2 is 1.89 bits per heavy atom. The summed E-state index contributed by atoms with van der Waals surface area (Å²) in [5.41, 5.74) is -1.10. The van der Waals surface area contributed by atoms with Gasteiger partial charge in [-0.05, 0) is 25.1 Å². The summed E-state index contributed by atoms with van der Waals surface area (Å²) in [5, 5.41) is 4.16. The summed E-state index contributed by atoms with van der Waals surface area (Å²) in [6.45, 7) is 2.62. The Morgan fingerprint density at radius 1 is 1.11 bits per heavy atom. The Labute approximate surface area is 202 Å². The van der Waals surface area contributed by atoms with E-state index in [2.05, 4.69) is 20.1 Å². The maximum atomic E-state index is 15.0. The second-order valence-corrected chi connectivity index (χ2v) is 8.54. The highest BCUT2D eigenvalue weighted by atomic mass is 19.4. The van der Waals surface area contributed by atoms with Crippen LogP contribution in [0.15, 0.2) is 35.4 Å². The number of aryl methyl sites for hydroxylation is 2. The molecule has 188 valence electrons. The van der Waals surface area contributed by atoms with Gasteiger partial charge in [0.2, 0.25) is 5.95 Å². The zero-order valence-electron chi connectivity index (χ0n) is 19.5. The topological polar surface area (TPSA) is 91.0 Å². The number of nitrogens with zero attached hydrogens (tertiary/aromatic N) is 7. The summed E-state index contributed by atoms with van der Waals surface area (Å²) in [7, 11) is 3.31. The Kier molecular flexibility index (Phi) is 5.74. The predicted molar refractivity (Wildman–Crippen MR) is 122 cm³/mol. The number of hydrogen-bond donors (Lipinski definition) is 0. The third kappa shape index (κ3) is 4.19. The van der Waals surface area contributed by atoms with Crippen molar-refractivity contribution in [2.75, 3.05) is 24.6 Å². The van der Waals surface area contributed by atoms with E-state index >= 15 is 4.39 Å². The van der Waals surface area contributed by atoms with Gasteiger partial charge in [0.1, 0.15) is 29.0 Å². The number of morpholine rings is 1. The van der Waals surface area contributed by atoms with E-state index in [1.165, 1.54) is 11.6 Å². The average Bonchev–Trinajstić information content (AvgIpc) is 3.28. The molecule has 0 bridgehead atoms. The van der Waals surface area contributed by atoms with E-state index < -0.39 is 23.1 Å². The first kappa shape index (κ1) is 23.9. The van der Waals surface area contributed by atoms with Crippen LogP contribution >= 0.6 is 0 Å². The van der Waals surface area contributed by atoms with Gasteiger partial charge in [-0.25, -0.2) is 19.3 Å². The predicted octanol–water partition coefficient (Wildman–Crippen LogP) is 3.17. The Balaban J connectivity index is 1.67. The summed E-state index contributed by atoms with van der Waals surface area (Å²) in [6.07, 6.45) is -1.56. The van der Waals surface area contributed by atoms with E-state index in [1.807, 2.05) is 6.20 Å². The lowest BCUT2D eigenvalue weighted by atomic mass is 10.1. The van der Waals surface area contributed by atoms with Gasteiger partial charge < -0.3 is 9.64 Å². The minimum Gasteiger partial charge on any atom is -0.370 e. The smallest absolute Gasteiger partial charge is 0.370 e. The summed E-state index contributed by atoms with van der Waals surface area (Å²) in [4.78, 5) is 28.2. The van der Waals surface area contributed by atoms with Gasteiger partial charge in [-0.1, -0.05) is 0 Å². The summed E-state index contributed by atoms with van der Waals surface area (Å²) < 4.78 is 63.2. The zero-order valence-corrected chi connectivity index (χ0v) is 19.5. The van der Waals surface area contributed by atoms with E-state index in [9.17, 15) is 18.0 Å². The minimum absolute atomic E-state index is 0.00933. The van der Waals surface area contributed by atoms with E-state index in [0.29, 0.717) is 31.6 Å². The molecule has 9 nitrogen and oxygen atoms in total. The molecule has 0 saturated carbocycles. The molecule has 0 N–H and O–H groups in total. The maximum absolute atomic E-state index is 15.0. The molecule has 0 unspecified atom stereocenters. The number of benzene rings is 1. The summed E-state index contributed by atoms with van der Waals surface area (Å²) >= 11 is 0. The van der Waals surface area contributed by atoms with Gasteiger partial charge in [0.05, 0.1) is 24.9 Å². The molecule has 13 heteroatoms. The Hall–Kier alpha value is -3.87. The molecule has 1 aromatic carbocycles. The van der Waals surface area contributed by atoms with Crippen molar-refractivity contribution in [2.45, 2.75) is 19.2 Å². The highest BCUT2D eigenvalue weighted by Gasteiger charge is 2.32. The Morgan fingerprint density at radius 3 is 2.56 bits per heavy atom. The minimum atomic E-state index is -4.71. The number of rotatable bonds is 3. The van der Waals surface area contributed by atoms with Gasteiger partial charge in [-0.3, -0.25) is 14.0 Å². The lowest BCUT2D eigenvalue weighted by Gasteiger charge is -2.32. The number of halogens is 4. The third-order valence-corrected chi connectivity index (χ3v) is 6.14. The van der Waals surface area contributed by atoms with Gasteiger partial charge in [-0.15, -0.1) is 0 Å². The molecular formula is C23H21F4N7O2.